The summed E-state index contributed by atoms with van der Waals surface area (Å²) in [5, 5.41) is 23.0. The Morgan fingerprint density at radius 1 is 1.12 bits per heavy atom. The summed E-state index contributed by atoms with van der Waals surface area (Å²) in [4.78, 5) is 11.0. The van der Waals surface area contributed by atoms with Crippen molar-refractivity contribution in [2.24, 2.45) is 0 Å². The Bertz CT molecular complexity index is 1100. The summed E-state index contributed by atoms with van der Waals surface area (Å²) < 4.78 is 11.7. The number of carbonyl (C=O) groups is 1. The van der Waals surface area contributed by atoms with Gasteiger partial charge in [-0.25, -0.2) is 4.79 Å². The van der Waals surface area contributed by atoms with Gasteiger partial charge in [-0.1, -0.05) is 41.9 Å². The highest BCUT2D eigenvalue weighted by molar-refractivity contribution is 6.32. The molecule has 0 radical (unpaired) electrons. The molecule has 0 unspecified atom stereocenters. The van der Waals surface area contributed by atoms with Crippen LogP contribution in [0.5, 0.6) is 11.5 Å². The predicted octanol–water partition coefficient (Wildman–Crippen LogP) is 4.43. The molecule has 33 heavy (non-hydrogen) atoms. The molecule has 0 aromatic heterocycles. The van der Waals surface area contributed by atoms with Gasteiger partial charge in [0.25, 0.3) is 0 Å². The van der Waals surface area contributed by atoms with Crippen LogP contribution in [0.2, 0.25) is 5.02 Å². The minimum absolute atomic E-state index is 0.0230. The Balaban J connectivity index is 1.25. The molecule has 1 aliphatic heterocycles. The van der Waals surface area contributed by atoms with Gasteiger partial charge < -0.3 is 25.0 Å². The first-order valence-electron chi connectivity index (χ1n) is 10.9. The number of ether oxygens (including phenoxy) is 2. The van der Waals surface area contributed by atoms with Crippen LogP contribution in [0.3, 0.4) is 0 Å². The molecule has 0 fully saturated rings. The average Bonchev–Trinajstić information content (AvgIpc) is 2.83. The summed E-state index contributed by atoms with van der Waals surface area (Å²) in [5.74, 6) is 0.491. The van der Waals surface area contributed by atoms with Crippen molar-refractivity contribution in [1.82, 2.24) is 5.32 Å². The average molecular weight is 468 g/mol. The van der Waals surface area contributed by atoms with Gasteiger partial charge in [0.05, 0.1) is 10.6 Å². The SMILES string of the molecule is O=C(O)c1ccc(-c2ccc3c(c2)CC[C@H](CNC[C@H](O)COc2ccccc2Cl)O3)cc1. The van der Waals surface area contributed by atoms with E-state index in [1.165, 1.54) is 0 Å². The predicted molar refractivity (Wildman–Crippen MR) is 127 cm³/mol. The van der Waals surface area contributed by atoms with Crippen molar-refractivity contribution in [3.63, 3.8) is 0 Å². The molecule has 0 saturated heterocycles. The first kappa shape index (κ1) is 23.1. The van der Waals surface area contributed by atoms with Gasteiger partial charge in [-0.3, -0.25) is 0 Å². The molecule has 3 aromatic rings. The van der Waals surface area contributed by atoms with Crippen LogP contribution in [0.1, 0.15) is 22.3 Å². The molecule has 0 aliphatic carbocycles. The van der Waals surface area contributed by atoms with Gasteiger partial charge in [0.15, 0.2) is 0 Å². The normalized spacial score (nSPS) is 15.9. The monoisotopic (exact) mass is 467 g/mol. The Hall–Kier alpha value is -3.06. The number of hydrogen-bond donors (Lipinski definition) is 3. The number of hydrogen-bond acceptors (Lipinski definition) is 5. The first-order chi connectivity index (χ1) is 16.0. The van der Waals surface area contributed by atoms with Gasteiger partial charge in [-0.05, 0) is 65.9 Å². The fourth-order valence-corrected chi connectivity index (χ4v) is 3.98. The first-order valence-corrected chi connectivity index (χ1v) is 11.3. The van der Waals surface area contributed by atoms with E-state index in [4.69, 9.17) is 26.2 Å². The lowest BCUT2D eigenvalue weighted by atomic mass is 9.96. The van der Waals surface area contributed by atoms with Crippen molar-refractivity contribution in [2.75, 3.05) is 19.7 Å². The number of aromatic carboxylic acids is 1. The van der Waals surface area contributed by atoms with Crippen LogP contribution in [0.4, 0.5) is 0 Å². The van der Waals surface area contributed by atoms with Crippen LogP contribution in [0.15, 0.2) is 66.7 Å². The molecule has 1 heterocycles. The largest absolute Gasteiger partial charge is 0.489 e. The third kappa shape index (κ3) is 6.05. The van der Waals surface area contributed by atoms with Crippen molar-refractivity contribution in [2.45, 2.75) is 25.0 Å². The second-order valence-corrected chi connectivity index (χ2v) is 8.44. The number of carboxylic acid groups (broad SMARTS) is 1. The molecule has 6 nitrogen and oxygen atoms in total. The summed E-state index contributed by atoms with van der Waals surface area (Å²) in [7, 11) is 0. The second kappa shape index (κ2) is 10.7. The van der Waals surface area contributed by atoms with Gasteiger partial charge in [0.2, 0.25) is 0 Å². The lowest BCUT2D eigenvalue weighted by Crippen LogP contribution is -2.39. The number of aryl methyl sites for hydroxylation is 1. The molecule has 0 spiro atoms. The zero-order valence-corrected chi connectivity index (χ0v) is 18.8. The Morgan fingerprint density at radius 2 is 1.88 bits per heavy atom. The maximum absolute atomic E-state index is 11.0. The Kier molecular flexibility index (Phi) is 7.50. The highest BCUT2D eigenvalue weighted by Gasteiger charge is 2.20. The fourth-order valence-electron chi connectivity index (χ4n) is 3.79. The van der Waals surface area contributed by atoms with Crippen molar-refractivity contribution < 1.29 is 24.5 Å². The number of carboxylic acids is 1. The number of para-hydroxylation sites is 1. The van der Waals surface area contributed by atoms with Crippen LogP contribution in [0, 0.1) is 0 Å². The Morgan fingerprint density at radius 3 is 2.64 bits per heavy atom. The third-order valence-corrected chi connectivity index (χ3v) is 5.89. The molecule has 0 bridgehead atoms. The third-order valence-electron chi connectivity index (χ3n) is 5.57. The van der Waals surface area contributed by atoms with Crippen molar-refractivity contribution in [3.8, 4) is 22.6 Å². The second-order valence-electron chi connectivity index (χ2n) is 8.04. The maximum atomic E-state index is 11.0. The van der Waals surface area contributed by atoms with E-state index in [-0.39, 0.29) is 18.3 Å². The number of benzene rings is 3. The van der Waals surface area contributed by atoms with E-state index < -0.39 is 12.1 Å². The van der Waals surface area contributed by atoms with Crippen molar-refractivity contribution >= 4 is 17.6 Å². The standard InChI is InChI=1S/C26H26ClNO5/c27-23-3-1-2-4-25(23)32-16-21(29)14-28-15-22-11-9-20-13-19(10-12-24(20)33-22)17-5-7-18(8-6-17)26(30)31/h1-8,10,12-13,21-22,28-29H,9,11,14-16H2,(H,30,31)/t21-,22+/m0/s1. The van der Waals surface area contributed by atoms with Crippen molar-refractivity contribution in [3.05, 3.63) is 82.9 Å². The summed E-state index contributed by atoms with van der Waals surface area (Å²) >= 11 is 6.06. The van der Waals surface area contributed by atoms with E-state index in [9.17, 15) is 9.90 Å². The van der Waals surface area contributed by atoms with Crippen LogP contribution in [-0.4, -0.2) is 48.1 Å². The van der Waals surface area contributed by atoms with Gasteiger partial charge in [0.1, 0.15) is 30.3 Å². The van der Waals surface area contributed by atoms with Crippen LogP contribution >= 0.6 is 11.6 Å². The van der Waals surface area contributed by atoms with Crippen LogP contribution in [0.25, 0.3) is 11.1 Å². The Labute approximate surface area is 197 Å². The summed E-state index contributed by atoms with van der Waals surface area (Å²) in [6.45, 7) is 1.17. The lowest BCUT2D eigenvalue weighted by molar-refractivity contribution is 0.0697. The minimum atomic E-state index is -0.930. The molecular weight excluding hydrogens is 442 g/mol. The number of aliphatic hydroxyl groups excluding tert-OH is 1. The van der Waals surface area contributed by atoms with E-state index >= 15 is 0 Å². The molecule has 4 rings (SSSR count). The highest BCUT2D eigenvalue weighted by Crippen LogP contribution is 2.32. The number of nitrogens with one attached hydrogen (secondary N) is 1. The van der Waals surface area contributed by atoms with Crippen LogP contribution in [-0.2, 0) is 6.42 Å². The number of aliphatic hydroxyl groups is 1. The van der Waals surface area contributed by atoms with E-state index in [1.807, 2.05) is 36.4 Å². The molecule has 0 amide bonds. The molecule has 3 aromatic carbocycles. The molecule has 3 N–H and O–H groups in total. The minimum Gasteiger partial charge on any atom is -0.489 e. The molecule has 0 saturated carbocycles. The smallest absolute Gasteiger partial charge is 0.335 e. The molecule has 1 aliphatic rings. The topological polar surface area (TPSA) is 88.0 Å². The zero-order chi connectivity index (χ0) is 23.2. The maximum Gasteiger partial charge on any atom is 0.335 e. The molecule has 7 heteroatoms. The van der Waals surface area contributed by atoms with E-state index in [1.54, 1.807) is 24.3 Å². The van der Waals surface area contributed by atoms with Crippen molar-refractivity contribution in [1.29, 1.82) is 0 Å². The number of rotatable bonds is 9. The van der Waals surface area contributed by atoms with E-state index in [2.05, 4.69) is 11.4 Å². The molecule has 2 atom stereocenters. The highest BCUT2D eigenvalue weighted by atomic mass is 35.5. The van der Waals surface area contributed by atoms with Gasteiger partial charge in [-0.15, -0.1) is 0 Å². The summed E-state index contributed by atoms with van der Waals surface area (Å²) in [5.41, 5.74) is 3.42. The fraction of sp³-hybridized carbons (Fsp3) is 0.269. The lowest BCUT2D eigenvalue weighted by Gasteiger charge is -2.27. The van der Waals surface area contributed by atoms with Crippen LogP contribution < -0.4 is 14.8 Å². The van der Waals surface area contributed by atoms with Gasteiger partial charge in [0, 0.05) is 13.1 Å². The van der Waals surface area contributed by atoms with Gasteiger partial charge >= 0.3 is 5.97 Å². The summed E-state index contributed by atoms with van der Waals surface area (Å²) in [6.07, 6.45) is 1.12. The molecular formula is C26H26ClNO5. The van der Waals surface area contributed by atoms with Gasteiger partial charge in [-0.2, -0.15) is 0 Å². The molecule has 172 valence electrons. The zero-order valence-electron chi connectivity index (χ0n) is 18.0. The van der Waals surface area contributed by atoms with E-state index in [0.717, 1.165) is 35.3 Å². The summed E-state index contributed by atoms with van der Waals surface area (Å²) in [6, 6.07) is 20.1. The van der Waals surface area contributed by atoms with E-state index in [0.29, 0.717) is 23.9 Å². The number of fused-ring (bicyclic) bond motifs is 1. The number of halogens is 1. The quantitative estimate of drug-likeness (QED) is 0.431.